The Bertz CT molecular complexity index is 681. The molecule has 0 amide bonds. The molecule has 0 saturated carbocycles. The van der Waals surface area contributed by atoms with Crippen molar-refractivity contribution in [1.29, 1.82) is 0 Å². The van der Waals surface area contributed by atoms with Crippen LogP contribution in [0.2, 0.25) is 13.3 Å². The first-order valence-corrected chi connectivity index (χ1v) is 22.2. The molecule has 0 fully saturated rings. The van der Waals surface area contributed by atoms with E-state index in [4.69, 9.17) is 9.47 Å². The number of allylic oxidation sites excluding steroid dienone is 1. The summed E-state index contributed by atoms with van der Waals surface area (Å²) in [6.45, 7) is 16.9. The Morgan fingerprint density at radius 1 is 0.944 bits per heavy atom. The second kappa shape index (κ2) is 20.4. The number of hydrogen-bond donors (Lipinski definition) is 1. The van der Waals surface area contributed by atoms with Crippen LogP contribution in [0.4, 0.5) is 0 Å². The minimum absolute atomic E-state index is 0.0518. The summed E-state index contributed by atoms with van der Waals surface area (Å²) in [4.78, 5) is 0. The van der Waals surface area contributed by atoms with Crippen LogP contribution in [0.5, 0.6) is 0 Å². The Morgan fingerprint density at radius 3 is 2.06 bits per heavy atom. The van der Waals surface area contributed by atoms with Crippen molar-refractivity contribution in [3.05, 3.63) is 58.2 Å². The first kappa shape index (κ1) is 33.4. The van der Waals surface area contributed by atoms with E-state index < -0.39 is 24.5 Å². The van der Waals surface area contributed by atoms with Gasteiger partial charge in [-0.1, -0.05) is 0 Å². The molecule has 36 heavy (non-hydrogen) atoms. The van der Waals surface area contributed by atoms with Crippen LogP contribution in [-0.2, 0) is 16.1 Å². The van der Waals surface area contributed by atoms with Gasteiger partial charge >= 0.3 is 228 Å². The van der Waals surface area contributed by atoms with E-state index in [9.17, 15) is 5.11 Å². The Labute approximate surface area is 227 Å². The van der Waals surface area contributed by atoms with Crippen LogP contribution < -0.4 is 0 Å². The van der Waals surface area contributed by atoms with Crippen molar-refractivity contribution in [3.63, 3.8) is 0 Å². The van der Waals surface area contributed by atoms with Crippen molar-refractivity contribution in [3.8, 4) is 0 Å². The maximum absolute atomic E-state index is 11.1. The molecule has 0 spiro atoms. The Morgan fingerprint density at radius 2 is 1.53 bits per heavy atom. The van der Waals surface area contributed by atoms with E-state index in [1.165, 1.54) is 51.8 Å². The molecular formula is C32H56O3Sn. The van der Waals surface area contributed by atoms with Crippen LogP contribution in [0.15, 0.2) is 52.7 Å². The Balaban J connectivity index is 3.16. The third-order valence-corrected chi connectivity index (χ3v) is 23.8. The molecule has 3 atom stereocenters. The quantitative estimate of drug-likeness (QED) is 0.0813. The van der Waals surface area contributed by atoms with E-state index in [1.807, 2.05) is 24.3 Å². The number of unbranched alkanes of at least 4 members (excludes halogenated alkanes) is 4. The number of aliphatic hydroxyl groups is 1. The van der Waals surface area contributed by atoms with Crippen LogP contribution >= 0.6 is 0 Å². The van der Waals surface area contributed by atoms with Gasteiger partial charge in [-0.3, -0.25) is 0 Å². The number of aliphatic hydroxyl groups excluding tert-OH is 1. The van der Waals surface area contributed by atoms with E-state index >= 15 is 0 Å². The van der Waals surface area contributed by atoms with Gasteiger partial charge in [-0.2, -0.15) is 0 Å². The third kappa shape index (κ3) is 12.8. The van der Waals surface area contributed by atoms with Crippen LogP contribution in [0.3, 0.4) is 0 Å². The molecule has 0 aliphatic rings. The predicted octanol–water partition coefficient (Wildman–Crippen LogP) is 8.89. The minimum atomic E-state index is -2.71. The molecule has 0 heterocycles. The van der Waals surface area contributed by atoms with Gasteiger partial charge in [0.2, 0.25) is 0 Å². The number of hydrogen-bond acceptors (Lipinski definition) is 3. The summed E-state index contributed by atoms with van der Waals surface area (Å²) in [6.07, 6.45) is 13.8. The zero-order valence-corrected chi connectivity index (χ0v) is 27.0. The van der Waals surface area contributed by atoms with Crippen molar-refractivity contribution >= 4 is 18.4 Å². The van der Waals surface area contributed by atoms with E-state index in [1.54, 1.807) is 3.59 Å². The second-order valence-corrected chi connectivity index (χ2v) is 23.8. The van der Waals surface area contributed by atoms with Crippen molar-refractivity contribution < 1.29 is 14.6 Å². The number of benzene rings is 1. The molecule has 1 unspecified atom stereocenters. The van der Waals surface area contributed by atoms with E-state index in [0.29, 0.717) is 13.2 Å². The molecule has 0 aliphatic carbocycles. The summed E-state index contributed by atoms with van der Waals surface area (Å²) < 4.78 is 18.3. The zero-order chi connectivity index (χ0) is 26.7. The van der Waals surface area contributed by atoms with Crippen LogP contribution in [0.1, 0.15) is 91.5 Å². The van der Waals surface area contributed by atoms with Gasteiger partial charge in [0, 0.05) is 0 Å². The third-order valence-electron chi connectivity index (χ3n) is 7.45. The molecule has 1 aromatic carbocycles. The second-order valence-electron chi connectivity index (χ2n) is 10.6. The average molecular weight is 608 g/mol. The molecule has 0 aromatic heterocycles. The fraction of sp³-hybridized carbons (Fsp3) is 0.688. The fourth-order valence-corrected chi connectivity index (χ4v) is 23.0. The summed E-state index contributed by atoms with van der Waals surface area (Å²) in [6, 6.07) is 10.2. The molecular weight excluding hydrogens is 551 g/mol. The van der Waals surface area contributed by atoms with Crippen molar-refractivity contribution in [2.45, 2.75) is 118 Å². The molecule has 1 N–H and O–H groups in total. The topological polar surface area (TPSA) is 38.7 Å². The van der Waals surface area contributed by atoms with Crippen molar-refractivity contribution in [2.75, 3.05) is 13.2 Å². The van der Waals surface area contributed by atoms with E-state index in [-0.39, 0.29) is 12.0 Å². The van der Waals surface area contributed by atoms with Gasteiger partial charge in [0.25, 0.3) is 0 Å². The predicted molar refractivity (Wildman–Crippen MR) is 159 cm³/mol. The monoisotopic (exact) mass is 608 g/mol. The van der Waals surface area contributed by atoms with Crippen molar-refractivity contribution in [2.24, 2.45) is 5.92 Å². The van der Waals surface area contributed by atoms with Gasteiger partial charge in [-0.15, -0.1) is 0 Å². The molecule has 1 aromatic rings. The Kier molecular flexibility index (Phi) is 18.9. The molecule has 4 heteroatoms. The first-order valence-electron chi connectivity index (χ1n) is 14.7. The molecule has 0 saturated heterocycles. The van der Waals surface area contributed by atoms with Gasteiger partial charge in [0.15, 0.2) is 0 Å². The van der Waals surface area contributed by atoms with Gasteiger partial charge in [0.1, 0.15) is 0 Å². The van der Waals surface area contributed by atoms with Crippen molar-refractivity contribution in [1.82, 2.24) is 0 Å². The average Bonchev–Trinajstić information content (AvgIpc) is 2.90. The summed E-state index contributed by atoms with van der Waals surface area (Å²) in [7, 11) is 0. The zero-order valence-electron chi connectivity index (χ0n) is 24.1. The normalized spacial score (nSPS) is 15.0. The maximum atomic E-state index is 11.1. The van der Waals surface area contributed by atoms with Crippen LogP contribution in [-0.4, -0.2) is 48.9 Å². The molecule has 0 bridgehead atoms. The van der Waals surface area contributed by atoms with Crippen LogP contribution in [0.25, 0.3) is 0 Å². The molecule has 206 valence electrons. The Hall–Kier alpha value is -0.621. The summed E-state index contributed by atoms with van der Waals surface area (Å²) in [5, 5.41) is 11.1. The SMILES string of the molecule is C=CCCCOC(C)/[C](=C/[C@H](C)[C@@H](O)COCc1ccccc1)[Sn]([CH2]CCC)([CH2]CCC)[CH2]CCC. The summed E-state index contributed by atoms with van der Waals surface area (Å²) in [5.41, 5.74) is 1.14. The number of rotatable bonds is 22. The molecule has 0 aliphatic heterocycles. The van der Waals surface area contributed by atoms with Crippen LogP contribution in [0, 0.1) is 5.92 Å². The first-order chi connectivity index (χ1) is 17.4. The fourth-order valence-electron chi connectivity index (χ4n) is 5.09. The summed E-state index contributed by atoms with van der Waals surface area (Å²) in [5.74, 6) is 0.0518. The summed E-state index contributed by atoms with van der Waals surface area (Å²) >= 11 is -2.71. The van der Waals surface area contributed by atoms with E-state index in [0.717, 1.165) is 25.0 Å². The van der Waals surface area contributed by atoms with E-state index in [2.05, 4.69) is 59.4 Å². The molecule has 3 nitrogen and oxygen atoms in total. The number of ether oxygens (including phenoxy) is 2. The molecule has 1 rings (SSSR count). The van der Waals surface area contributed by atoms with Gasteiger partial charge in [0.05, 0.1) is 0 Å². The van der Waals surface area contributed by atoms with Gasteiger partial charge in [-0.05, 0) is 0 Å². The molecule has 0 radical (unpaired) electrons. The van der Waals surface area contributed by atoms with Gasteiger partial charge in [-0.25, -0.2) is 0 Å². The standard InChI is InChI=1S/C20H29O3.3C4H9.Sn/c1-4-5-9-14-23-18(3)13-12-17(2)20(21)16-22-15-19-10-7-6-8-11-19;3*1-3-4-2;/h4,6-8,10-12,17-18,20-21H,1,5,9,14-16H2,2-3H3;3*1,3-4H2,2H3;/t17-,18?,20-;;;;/m0..../s1. The van der Waals surface area contributed by atoms with Gasteiger partial charge < -0.3 is 0 Å².